The summed E-state index contributed by atoms with van der Waals surface area (Å²) in [5.41, 5.74) is 2.85. The lowest BCUT2D eigenvalue weighted by Crippen LogP contribution is -1.99. The number of aryl methyl sites for hydroxylation is 1. The summed E-state index contributed by atoms with van der Waals surface area (Å²) in [6.45, 7) is 3.98. The van der Waals surface area contributed by atoms with Crippen molar-refractivity contribution in [3.63, 3.8) is 0 Å². The van der Waals surface area contributed by atoms with Gasteiger partial charge in [-0.1, -0.05) is 19.1 Å². The van der Waals surface area contributed by atoms with Gasteiger partial charge in [0.15, 0.2) is 0 Å². The van der Waals surface area contributed by atoms with Crippen LogP contribution in [0.5, 0.6) is 0 Å². The molecule has 0 radical (unpaired) electrons. The summed E-state index contributed by atoms with van der Waals surface area (Å²) in [6.07, 6.45) is 0.828. The van der Waals surface area contributed by atoms with E-state index in [9.17, 15) is 10.1 Å². The first-order valence-electron chi connectivity index (χ1n) is 5.87. The molecule has 19 heavy (non-hydrogen) atoms. The van der Waals surface area contributed by atoms with Crippen LogP contribution in [0.4, 0.5) is 5.69 Å². The number of hydrogen-bond donors (Lipinski definition) is 1. The van der Waals surface area contributed by atoms with Crippen LogP contribution in [0, 0.1) is 21.7 Å². The van der Waals surface area contributed by atoms with Crippen LogP contribution in [0.2, 0.25) is 0 Å². The number of aromatic nitrogens is 2. The van der Waals surface area contributed by atoms with Gasteiger partial charge in [-0.2, -0.15) is 0 Å². The number of nitro groups is 1. The van der Waals surface area contributed by atoms with Gasteiger partial charge in [0.05, 0.1) is 4.92 Å². The van der Waals surface area contributed by atoms with Gasteiger partial charge < -0.3 is 4.98 Å². The number of benzene rings is 1. The summed E-state index contributed by atoms with van der Waals surface area (Å²) in [5, 5.41) is 10.6. The Hall–Kier alpha value is -2.08. The van der Waals surface area contributed by atoms with Crippen molar-refractivity contribution in [3.05, 3.63) is 50.3 Å². The summed E-state index contributed by atoms with van der Waals surface area (Å²) in [5.74, 6) is 0.634. The van der Waals surface area contributed by atoms with E-state index in [1.54, 1.807) is 12.1 Å². The fraction of sp³-hybridized carbons (Fsp3) is 0.231. The molecule has 0 aliphatic rings. The first-order chi connectivity index (χ1) is 9.02. The third-order valence-corrected chi connectivity index (χ3v) is 3.27. The number of non-ortho nitro benzene ring substituents is 1. The van der Waals surface area contributed by atoms with Gasteiger partial charge in [-0.3, -0.25) is 10.1 Å². The van der Waals surface area contributed by atoms with Gasteiger partial charge in [-0.15, -0.1) is 0 Å². The van der Waals surface area contributed by atoms with Gasteiger partial charge in [-0.25, -0.2) is 4.98 Å². The highest BCUT2D eigenvalue weighted by Gasteiger charge is 2.08. The maximum atomic E-state index is 10.6. The molecule has 2 rings (SSSR count). The van der Waals surface area contributed by atoms with Crippen LogP contribution in [0.25, 0.3) is 11.4 Å². The van der Waals surface area contributed by atoms with E-state index in [0.717, 1.165) is 23.2 Å². The van der Waals surface area contributed by atoms with E-state index < -0.39 is 4.92 Å². The predicted octanol–water partition coefficient (Wildman–Crippen LogP) is 3.59. The van der Waals surface area contributed by atoms with E-state index in [4.69, 9.17) is 12.2 Å². The number of aromatic amines is 1. The van der Waals surface area contributed by atoms with Crippen molar-refractivity contribution in [2.45, 2.75) is 20.3 Å². The minimum absolute atomic E-state index is 0.0595. The zero-order valence-electron chi connectivity index (χ0n) is 10.6. The number of nitro benzene ring substituents is 1. The molecule has 0 unspecified atom stereocenters. The first-order valence-corrected chi connectivity index (χ1v) is 6.28. The Labute approximate surface area is 115 Å². The van der Waals surface area contributed by atoms with E-state index in [0.29, 0.717) is 10.5 Å². The van der Waals surface area contributed by atoms with Crippen molar-refractivity contribution >= 4 is 17.9 Å². The zero-order chi connectivity index (χ0) is 14.0. The Morgan fingerprint density at radius 1 is 1.37 bits per heavy atom. The Bertz CT molecular complexity index is 677. The van der Waals surface area contributed by atoms with Crippen molar-refractivity contribution < 1.29 is 4.92 Å². The molecule has 1 aromatic heterocycles. The Morgan fingerprint density at radius 2 is 2.00 bits per heavy atom. The minimum atomic E-state index is -0.426. The van der Waals surface area contributed by atoms with Crippen LogP contribution in [-0.2, 0) is 6.42 Å². The highest BCUT2D eigenvalue weighted by molar-refractivity contribution is 7.71. The van der Waals surface area contributed by atoms with Crippen LogP contribution in [0.1, 0.15) is 18.2 Å². The summed E-state index contributed by atoms with van der Waals surface area (Å²) in [7, 11) is 0. The maximum Gasteiger partial charge on any atom is 0.269 e. The SMILES string of the molecule is CCc1c(C)[nH]c(-c2ccc([N+](=O)[O-])cc2)nc1=S. The predicted molar refractivity (Wildman–Crippen MR) is 75.6 cm³/mol. The summed E-state index contributed by atoms with van der Waals surface area (Å²) in [6, 6.07) is 6.24. The molecule has 98 valence electrons. The summed E-state index contributed by atoms with van der Waals surface area (Å²) in [4.78, 5) is 17.7. The molecule has 0 bridgehead atoms. The molecule has 2 aromatic rings. The third-order valence-electron chi connectivity index (χ3n) is 2.94. The van der Waals surface area contributed by atoms with E-state index in [2.05, 4.69) is 9.97 Å². The van der Waals surface area contributed by atoms with Crippen molar-refractivity contribution in [3.8, 4) is 11.4 Å². The smallest absolute Gasteiger partial charge is 0.269 e. The molecule has 1 aromatic carbocycles. The first kappa shape index (κ1) is 13.4. The molecular formula is C13H13N3O2S. The number of nitrogens with zero attached hydrogens (tertiary/aromatic N) is 2. The number of hydrogen-bond acceptors (Lipinski definition) is 4. The lowest BCUT2D eigenvalue weighted by molar-refractivity contribution is -0.384. The van der Waals surface area contributed by atoms with Crippen LogP contribution in [0.15, 0.2) is 24.3 Å². The Balaban J connectivity index is 2.48. The van der Waals surface area contributed by atoms with Crippen LogP contribution in [0.3, 0.4) is 0 Å². The molecule has 1 heterocycles. The van der Waals surface area contributed by atoms with Gasteiger partial charge in [0.2, 0.25) is 0 Å². The van der Waals surface area contributed by atoms with Crippen LogP contribution in [-0.4, -0.2) is 14.9 Å². The van der Waals surface area contributed by atoms with E-state index >= 15 is 0 Å². The lowest BCUT2D eigenvalue weighted by Gasteiger charge is -2.07. The van der Waals surface area contributed by atoms with Crippen LogP contribution >= 0.6 is 12.2 Å². The Morgan fingerprint density at radius 3 is 2.47 bits per heavy atom. The molecule has 6 heteroatoms. The van der Waals surface area contributed by atoms with Gasteiger partial charge >= 0.3 is 0 Å². The second kappa shape index (κ2) is 5.27. The zero-order valence-corrected chi connectivity index (χ0v) is 11.5. The molecule has 1 N–H and O–H groups in total. The monoisotopic (exact) mass is 275 g/mol. The summed E-state index contributed by atoms with van der Waals surface area (Å²) < 4.78 is 0.576. The van der Waals surface area contributed by atoms with Gasteiger partial charge in [0.1, 0.15) is 10.5 Å². The van der Waals surface area contributed by atoms with Crippen molar-refractivity contribution in [2.24, 2.45) is 0 Å². The molecule has 0 amide bonds. The quantitative estimate of drug-likeness (QED) is 0.528. The maximum absolute atomic E-state index is 10.6. The number of rotatable bonds is 3. The molecule has 0 atom stereocenters. The molecule has 0 aliphatic heterocycles. The van der Waals surface area contributed by atoms with E-state index in [1.165, 1.54) is 12.1 Å². The average Bonchev–Trinajstić information content (AvgIpc) is 2.38. The van der Waals surface area contributed by atoms with Gasteiger partial charge in [-0.05, 0) is 25.5 Å². The third kappa shape index (κ3) is 2.68. The normalized spacial score (nSPS) is 10.4. The van der Waals surface area contributed by atoms with Crippen LogP contribution < -0.4 is 0 Å². The standard InChI is InChI=1S/C13H13N3O2S/c1-3-11-8(2)14-12(15-13(11)19)9-4-6-10(7-5-9)16(17)18/h4-7H,3H2,1-2H3,(H,14,15,19). The van der Waals surface area contributed by atoms with E-state index in [1.807, 2.05) is 13.8 Å². The molecule has 0 aliphatic carbocycles. The molecular weight excluding hydrogens is 262 g/mol. The highest BCUT2D eigenvalue weighted by atomic mass is 32.1. The highest BCUT2D eigenvalue weighted by Crippen LogP contribution is 2.20. The summed E-state index contributed by atoms with van der Waals surface area (Å²) >= 11 is 5.25. The van der Waals surface area contributed by atoms with Gasteiger partial charge in [0.25, 0.3) is 5.69 Å². The fourth-order valence-electron chi connectivity index (χ4n) is 1.90. The number of H-pyrrole nitrogens is 1. The van der Waals surface area contributed by atoms with Crippen molar-refractivity contribution in [1.29, 1.82) is 0 Å². The minimum Gasteiger partial charge on any atom is -0.343 e. The average molecular weight is 275 g/mol. The fourth-order valence-corrected chi connectivity index (χ4v) is 2.29. The van der Waals surface area contributed by atoms with Crippen molar-refractivity contribution in [2.75, 3.05) is 0 Å². The molecule has 0 saturated carbocycles. The number of nitrogens with one attached hydrogen (secondary N) is 1. The molecule has 0 fully saturated rings. The topological polar surface area (TPSA) is 71.8 Å². The van der Waals surface area contributed by atoms with Gasteiger partial charge in [0, 0.05) is 29.0 Å². The molecule has 0 saturated heterocycles. The molecule has 5 nitrogen and oxygen atoms in total. The van der Waals surface area contributed by atoms with Crippen molar-refractivity contribution in [1.82, 2.24) is 9.97 Å². The largest absolute Gasteiger partial charge is 0.343 e. The second-order valence-electron chi connectivity index (χ2n) is 4.15. The Kier molecular flexibility index (Phi) is 3.71. The second-order valence-corrected chi connectivity index (χ2v) is 4.54. The van der Waals surface area contributed by atoms with E-state index in [-0.39, 0.29) is 5.69 Å². The lowest BCUT2D eigenvalue weighted by atomic mass is 10.1. The molecule has 0 spiro atoms.